The van der Waals surface area contributed by atoms with Gasteiger partial charge in [0, 0.05) is 17.8 Å². The van der Waals surface area contributed by atoms with E-state index in [0.717, 1.165) is 16.9 Å². The molecule has 0 amide bonds. The molecular weight excluding hydrogens is 226 g/mol. The van der Waals surface area contributed by atoms with Crippen LogP contribution in [0.1, 0.15) is 28.4 Å². The Hall–Kier alpha value is -2.16. The number of nitrogens with zero attached hydrogens (tertiary/aromatic N) is 1. The molecule has 0 spiro atoms. The summed E-state index contributed by atoms with van der Waals surface area (Å²) < 4.78 is 5.67. The van der Waals surface area contributed by atoms with Crippen LogP contribution in [0.2, 0.25) is 0 Å². The van der Waals surface area contributed by atoms with E-state index in [2.05, 4.69) is 11.1 Å². The number of benzene rings is 1. The second kappa shape index (κ2) is 5.00. The molecule has 0 unspecified atom stereocenters. The summed E-state index contributed by atoms with van der Waals surface area (Å²) in [6.45, 7) is 5.55. The number of hydrogen-bond donors (Lipinski definition) is 0. The molecule has 0 atom stereocenters. The summed E-state index contributed by atoms with van der Waals surface area (Å²) >= 11 is 0. The van der Waals surface area contributed by atoms with E-state index in [-0.39, 0.29) is 5.78 Å². The molecule has 0 bridgehead atoms. The lowest BCUT2D eigenvalue weighted by molar-refractivity contribution is 0.101. The maximum atomic E-state index is 11.3. The molecule has 2 aromatic rings. The molecule has 1 heterocycles. The van der Waals surface area contributed by atoms with Gasteiger partial charge in [0.1, 0.15) is 5.75 Å². The molecule has 0 fully saturated rings. The first-order chi connectivity index (χ1) is 8.54. The number of ether oxygens (including phenoxy) is 1. The number of carbonyl (C=O) groups excluding carboxylic acids is 1. The van der Waals surface area contributed by atoms with E-state index < -0.39 is 0 Å². The molecule has 1 aromatic carbocycles. The Balaban J connectivity index is 2.28. The minimum Gasteiger partial charge on any atom is -0.439 e. The average molecular weight is 241 g/mol. The Kier molecular flexibility index (Phi) is 3.42. The summed E-state index contributed by atoms with van der Waals surface area (Å²) in [6, 6.07) is 9.28. The Labute approximate surface area is 106 Å². The van der Waals surface area contributed by atoms with Crippen molar-refractivity contribution in [1.29, 1.82) is 0 Å². The average Bonchev–Trinajstić information content (AvgIpc) is 2.27. The smallest absolute Gasteiger partial charge is 0.219 e. The minimum absolute atomic E-state index is 0.00247. The fourth-order valence-corrected chi connectivity index (χ4v) is 1.80. The van der Waals surface area contributed by atoms with Crippen molar-refractivity contribution in [2.75, 3.05) is 0 Å². The normalized spacial score (nSPS) is 10.2. The topological polar surface area (TPSA) is 39.2 Å². The number of Topliss-reactive ketones (excluding diaryl/α,β-unsaturated/α-hetero) is 1. The second-order valence-electron chi connectivity index (χ2n) is 4.36. The van der Waals surface area contributed by atoms with Crippen molar-refractivity contribution in [3.63, 3.8) is 0 Å². The van der Waals surface area contributed by atoms with E-state index >= 15 is 0 Å². The van der Waals surface area contributed by atoms with Crippen LogP contribution >= 0.6 is 0 Å². The molecule has 3 nitrogen and oxygen atoms in total. The zero-order valence-corrected chi connectivity index (χ0v) is 10.7. The highest BCUT2D eigenvalue weighted by Gasteiger charge is 2.04. The van der Waals surface area contributed by atoms with Crippen LogP contribution in [-0.4, -0.2) is 10.8 Å². The zero-order valence-electron chi connectivity index (χ0n) is 10.7. The van der Waals surface area contributed by atoms with E-state index in [0.29, 0.717) is 11.4 Å². The fraction of sp³-hybridized carbons (Fsp3) is 0.200. The number of aromatic nitrogens is 1. The first kappa shape index (κ1) is 12.3. The Bertz CT molecular complexity index is 571. The van der Waals surface area contributed by atoms with Gasteiger partial charge in [0.25, 0.3) is 0 Å². The number of ketones is 1. The predicted octanol–water partition coefficient (Wildman–Crippen LogP) is 3.69. The molecule has 0 aliphatic heterocycles. The highest BCUT2D eigenvalue weighted by Crippen LogP contribution is 2.22. The monoisotopic (exact) mass is 241 g/mol. The van der Waals surface area contributed by atoms with Crippen molar-refractivity contribution >= 4 is 5.78 Å². The van der Waals surface area contributed by atoms with Gasteiger partial charge in [0.2, 0.25) is 5.88 Å². The van der Waals surface area contributed by atoms with Crippen molar-refractivity contribution in [3.8, 4) is 11.6 Å². The van der Waals surface area contributed by atoms with Crippen molar-refractivity contribution < 1.29 is 9.53 Å². The number of aryl methyl sites for hydroxylation is 2. The summed E-state index contributed by atoms with van der Waals surface area (Å²) in [7, 11) is 0. The molecule has 0 aliphatic carbocycles. The number of hydrogen-bond acceptors (Lipinski definition) is 3. The largest absolute Gasteiger partial charge is 0.439 e. The third-order valence-corrected chi connectivity index (χ3v) is 2.56. The second-order valence-corrected chi connectivity index (χ2v) is 4.36. The maximum absolute atomic E-state index is 11.3. The lowest BCUT2D eigenvalue weighted by Crippen LogP contribution is -1.95. The van der Waals surface area contributed by atoms with Gasteiger partial charge in [-0.25, -0.2) is 4.98 Å². The standard InChI is InChI=1S/C15H15NO2/c1-10-6-11(2)8-14(7-10)18-15-9-13(12(3)17)4-5-16-15/h4-9H,1-3H3. The molecule has 0 saturated carbocycles. The van der Waals surface area contributed by atoms with Crippen molar-refractivity contribution in [2.45, 2.75) is 20.8 Å². The van der Waals surface area contributed by atoms with Crippen LogP contribution in [0.3, 0.4) is 0 Å². The van der Waals surface area contributed by atoms with E-state index in [9.17, 15) is 4.79 Å². The molecular formula is C15H15NO2. The van der Waals surface area contributed by atoms with Crippen LogP contribution in [0.15, 0.2) is 36.5 Å². The van der Waals surface area contributed by atoms with Crippen molar-refractivity contribution in [1.82, 2.24) is 4.98 Å². The van der Waals surface area contributed by atoms with Crippen LogP contribution in [0.4, 0.5) is 0 Å². The maximum Gasteiger partial charge on any atom is 0.219 e. The molecule has 92 valence electrons. The minimum atomic E-state index is 0.00247. The van der Waals surface area contributed by atoms with Gasteiger partial charge in [-0.3, -0.25) is 4.79 Å². The molecule has 2 rings (SSSR count). The summed E-state index contributed by atoms with van der Waals surface area (Å²) in [6.07, 6.45) is 1.58. The zero-order chi connectivity index (χ0) is 13.1. The van der Waals surface area contributed by atoms with Crippen molar-refractivity contribution in [3.05, 3.63) is 53.2 Å². The Morgan fingerprint density at radius 1 is 1.11 bits per heavy atom. The number of rotatable bonds is 3. The lowest BCUT2D eigenvalue weighted by Gasteiger charge is -2.07. The quantitative estimate of drug-likeness (QED) is 0.769. The van der Waals surface area contributed by atoms with Crippen LogP contribution < -0.4 is 4.74 Å². The SMILES string of the molecule is CC(=O)c1ccnc(Oc2cc(C)cc(C)c2)c1. The van der Waals surface area contributed by atoms with Gasteiger partial charge in [-0.05, 0) is 50.1 Å². The molecule has 3 heteroatoms. The molecule has 1 aromatic heterocycles. The van der Waals surface area contributed by atoms with Crippen LogP contribution in [-0.2, 0) is 0 Å². The highest BCUT2D eigenvalue weighted by molar-refractivity contribution is 5.94. The van der Waals surface area contributed by atoms with Crippen LogP contribution in [0.25, 0.3) is 0 Å². The van der Waals surface area contributed by atoms with Gasteiger partial charge in [0.15, 0.2) is 5.78 Å². The van der Waals surface area contributed by atoms with E-state index in [4.69, 9.17) is 4.74 Å². The van der Waals surface area contributed by atoms with Gasteiger partial charge < -0.3 is 4.74 Å². The molecule has 18 heavy (non-hydrogen) atoms. The van der Waals surface area contributed by atoms with Gasteiger partial charge in [-0.15, -0.1) is 0 Å². The molecule has 0 aliphatic rings. The molecule has 0 N–H and O–H groups in total. The summed E-state index contributed by atoms with van der Waals surface area (Å²) in [5.41, 5.74) is 2.87. The van der Waals surface area contributed by atoms with E-state index in [1.54, 1.807) is 18.3 Å². The van der Waals surface area contributed by atoms with Crippen LogP contribution in [0.5, 0.6) is 11.6 Å². The first-order valence-electron chi connectivity index (χ1n) is 5.78. The number of carbonyl (C=O) groups is 1. The lowest BCUT2D eigenvalue weighted by atomic mass is 10.1. The molecule has 0 radical (unpaired) electrons. The Morgan fingerprint density at radius 2 is 1.78 bits per heavy atom. The van der Waals surface area contributed by atoms with Crippen LogP contribution in [0, 0.1) is 13.8 Å². The van der Waals surface area contributed by atoms with Gasteiger partial charge in [0.05, 0.1) is 0 Å². The van der Waals surface area contributed by atoms with Crippen molar-refractivity contribution in [2.24, 2.45) is 0 Å². The van der Waals surface area contributed by atoms with Gasteiger partial charge >= 0.3 is 0 Å². The molecule has 0 saturated heterocycles. The summed E-state index contributed by atoms with van der Waals surface area (Å²) in [5, 5.41) is 0. The van der Waals surface area contributed by atoms with Gasteiger partial charge in [-0.2, -0.15) is 0 Å². The fourth-order valence-electron chi connectivity index (χ4n) is 1.80. The third-order valence-electron chi connectivity index (χ3n) is 2.56. The third kappa shape index (κ3) is 2.94. The van der Waals surface area contributed by atoms with Gasteiger partial charge in [-0.1, -0.05) is 6.07 Å². The Morgan fingerprint density at radius 3 is 2.39 bits per heavy atom. The summed E-state index contributed by atoms with van der Waals surface area (Å²) in [5.74, 6) is 1.18. The highest BCUT2D eigenvalue weighted by atomic mass is 16.5. The van der Waals surface area contributed by atoms with E-state index in [1.165, 1.54) is 6.92 Å². The number of pyridine rings is 1. The first-order valence-corrected chi connectivity index (χ1v) is 5.78. The van der Waals surface area contributed by atoms with E-state index in [1.807, 2.05) is 26.0 Å². The summed E-state index contributed by atoms with van der Waals surface area (Å²) in [4.78, 5) is 15.4. The predicted molar refractivity (Wildman–Crippen MR) is 70.2 cm³/mol.